The highest BCUT2D eigenvalue weighted by atomic mass is 32.1. The number of aliphatic hydroxyl groups excluding tert-OH is 1. The second-order valence-corrected chi connectivity index (χ2v) is 7.80. The predicted octanol–water partition coefficient (Wildman–Crippen LogP) is 4.31. The number of thiophene rings is 1. The molecule has 4 aromatic heterocycles. The maximum atomic E-state index is 13.1. The number of alkyl halides is 2. The zero-order valence-electron chi connectivity index (χ0n) is 13.5. The highest BCUT2D eigenvalue weighted by Crippen LogP contribution is 2.49. The first-order chi connectivity index (χ1) is 12.5. The number of rotatable bonds is 3. The summed E-state index contributed by atoms with van der Waals surface area (Å²) in [5.41, 5.74) is 2.36. The molecule has 5 rings (SSSR count). The van der Waals surface area contributed by atoms with Gasteiger partial charge in [0.1, 0.15) is 4.83 Å². The first-order valence-electron chi connectivity index (χ1n) is 8.24. The van der Waals surface area contributed by atoms with Gasteiger partial charge in [-0.1, -0.05) is 0 Å². The standard InChI is InChI=1S/C18H14F2N4OS/c19-18(20)5-12(6-18)15(25)14-4-9-1-2-13(23-17(9)26-14)10-3-11-8-22-24-16(11)21-7-10/h1-4,7-8,12,15,25H,5-6H2,(H,21,22,24). The molecule has 26 heavy (non-hydrogen) atoms. The molecule has 0 aliphatic heterocycles. The molecule has 132 valence electrons. The van der Waals surface area contributed by atoms with E-state index < -0.39 is 12.0 Å². The molecule has 5 nitrogen and oxygen atoms in total. The molecule has 8 heteroatoms. The van der Waals surface area contributed by atoms with Gasteiger partial charge in [-0.2, -0.15) is 5.10 Å². The molecule has 4 aromatic rings. The van der Waals surface area contributed by atoms with Gasteiger partial charge in [-0.15, -0.1) is 11.3 Å². The van der Waals surface area contributed by atoms with Crippen molar-refractivity contribution in [3.63, 3.8) is 0 Å². The largest absolute Gasteiger partial charge is 0.387 e. The summed E-state index contributed by atoms with van der Waals surface area (Å²) in [5.74, 6) is -3.02. The number of fused-ring (bicyclic) bond motifs is 2. The maximum Gasteiger partial charge on any atom is 0.248 e. The Morgan fingerprint density at radius 3 is 2.85 bits per heavy atom. The van der Waals surface area contributed by atoms with Crippen molar-refractivity contribution in [1.29, 1.82) is 0 Å². The summed E-state index contributed by atoms with van der Waals surface area (Å²) in [6, 6.07) is 7.63. The van der Waals surface area contributed by atoms with Crippen LogP contribution in [-0.2, 0) is 0 Å². The molecule has 1 atom stereocenters. The van der Waals surface area contributed by atoms with Crippen LogP contribution >= 0.6 is 11.3 Å². The molecule has 1 aliphatic rings. The molecule has 1 unspecified atom stereocenters. The van der Waals surface area contributed by atoms with Gasteiger partial charge in [0, 0.05) is 46.2 Å². The van der Waals surface area contributed by atoms with E-state index in [2.05, 4.69) is 20.2 Å². The molecule has 2 N–H and O–H groups in total. The summed E-state index contributed by atoms with van der Waals surface area (Å²) in [6.07, 6.45) is 2.07. The van der Waals surface area contributed by atoms with E-state index in [0.29, 0.717) is 10.5 Å². The normalized spacial score (nSPS) is 18.3. The van der Waals surface area contributed by atoms with Crippen LogP contribution in [0.3, 0.4) is 0 Å². The Morgan fingerprint density at radius 1 is 1.19 bits per heavy atom. The van der Waals surface area contributed by atoms with Crippen LogP contribution in [0.1, 0.15) is 23.8 Å². The van der Waals surface area contributed by atoms with Crippen LogP contribution in [0.15, 0.2) is 36.7 Å². The lowest BCUT2D eigenvalue weighted by molar-refractivity contribution is -0.141. The molecule has 0 saturated heterocycles. The fourth-order valence-corrected chi connectivity index (χ4v) is 4.49. The molecule has 0 radical (unpaired) electrons. The zero-order chi connectivity index (χ0) is 17.9. The maximum absolute atomic E-state index is 13.1. The van der Waals surface area contributed by atoms with Crippen LogP contribution < -0.4 is 0 Å². The van der Waals surface area contributed by atoms with Gasteiger partial charge in [-0.3, -0.25) is 5.10 Å². The Morgan fingerprint density at radius 2 is 2.04 bits per heavy atom. The Hall–Kier alpha value is -2.45. The minimum Gasteiger partial charge on any atom is -0.387 e. The Kier molecular flexibility index (Phi) is 3.35. The van der Waals surface area contributed by atoms with Gasteiger partial charge in [0.2, 0.25) is 5.92 Å². The number of halogens is 2. The summed E-state index contributed by atoms with van der Waals surface area (Å²) in [6.45, 7) is 0. The zero-order valence-corrected chi connectivity index (χ0v) is 14.3. The molecule has 4 heterocycles. The number of pyridine rings is 2. The average molecular weight is 372 g/mol. The van der Waals surface area contributed by atoms with E-state index >= 15 is 0 Å². The van der Waals surface area contributed by atoms with Crippen molar-refractivity contribution < 1.29 is 13.9 Å². The van der Waals surface area contributed by atoms with E-state index in [9.17, 15) is 13.9 Å². The first-order valence-corrected chi connectivity index (χ1v) is 9.06. The second-order valence-electron chi connectivity index (χ2n) is 6.74. The summed E-state index contributed by atoms with van der Waals surface area (Å²) in [5, 5.41) is 19.0. The number of H-pyrrole nitrogens is 1. The summed E-state index contributed by atoms with van der Waals surface area (Å²) in [7, 11) is 0. The number of nitrogens with one attached hydrogen (secondary N) is 1. The van der Waals surface area contributed by atoms with Crippen LogP contribution in [0.2, 0.25) is 0 Å². The second kappa shape index (κ2) is 5.52. The molecule has 1 fully saturated rings. The third-order valence-corrected chi connectivity index (χ3v) is 5.96. The van der Waals surface area contributed by atoms with Crippen molar-refractivity contribution in [2.24, 2.45) is 5.92 Å². The fourth-order valence-electron chi connectivity index (χ4n) is 3.38. The Bertz CT molecular complexity index is 1110. The minimum absolute atomic E-state index is 0.253. The molecule has 0 bridgehead atoms. The van der Waals surface area contributed by atoms with Crippen molar-refractivity contribution in [1.82, 2.24) is 20.2 Å². The monoisotopic (exact) mass is 372 g/mol. The van der Waals surface area contributed by atoms with Gasteiger partial charge in [-0.05, 0) is 24.3 Å². The Balaban J connectivity index is 1.48. The molecular formula is C18H14F2N4OS. The molecule has 1 aliphatic carbocycles. The van der Waals surface area contributed by atoms with E-state index in [1.165, 1.54) is 11.3 Å². The topological polar surface area (TPSA) is 74.7 Å². The fraction of sp³-hybridized carbons (Fsp3) is 0.278. The van der Waals surface area contributed by atoms with E-state index in [-0.39, 0.29) is 18.8 Å². The van der Waals surface area contributed by atoms with Crippen molar-refractivity contribution in [2.45, 2.75) is 24.9 Å². The molecular weight excluding hydrogens is 358 g/mol. The van der Waals surface area contributed by atoms with Crippen molar-refractivity contribution in [3.8, 4) is 11.3 Å². The number of aromatic amines is 1. The van der Waals surface area contributed by atoms with Gasteiger partial charge < -0.3 is 5.11 Å². The summed E-state index contributed by atoms with van der Waals surface area (Å²) >= 11 is 1.35. The lowest BCUT2D eigenvalue weighted by Crippen LogP contribution is -2.38. The minimum atomic E-state index is -2.63. The number of aliphatic hydroxyl groups is 1. The number of hydrogen-bond donors (Lipinski definition) is 2. The van der Waals surface area contributed by atoms with Crippen LogP contribution in [0, 0.1) is 5.92 Å². The SMILES string of the molecule is OC(c1cc2ccc(-c3cnc4[nH]ncc4c3)nc2s1)C1CC(F)(F)C1. The number of aromatic nitrogens is 4. The molecule has 0 aromatic carbocycles. The highest BCUT2D eigenvalue weighted by Gasteiger charge is 2.48. The third-order valence-electron chi connectivity index (χ3n) is 4.85. The van der Waals surface area contributed by atoms with Crippen LogP contribution in [0.5, 0.6) is 0 Å². The van der Waals surface area contributed by atoms with Crippen molar-refractivity contribution in [3.05, 3.63) is 41.5 Å². The van der Waals surface area contributed by atoms with E-state index in [1.54, 1.807) is 12.4 Å². The van der Waals surface area contributed by atoms with Crippen LogP contribution in [-0.4, -0.2) is 31.2 Å². The quantitative estimate of drug-likeness (QED) is 0.562. The van der Waals surface area contributed by atoms with E-state index in [1.807, 2.05) is 24.3 Å². The number of nitrogens with zero attached hydrogens (tertiary/aromatic N) is 3. The summed E-state index contributed by atoms with van der Waals surface area (Å²) in [4.78, 5) is 10.4. The average Bonchev–Trinajstić information content (AvgIpc) is 3.23. The van der Waals surface area contributed by atoms with Crippen molar-refractivity contribution >= 4 is 32.6 Å². The molecule has 1 saturated carbocycles. The van der Waals surface area contributed by atoms with E-state index in [0.717, 1.165) is 26.9 Å². The number of hydrogen-bond acceptors (Lipinski definition) is 5. The lowest BCUT2D eigenvalue weighted by atomic mass is 9.77. The van der Waals surface area contributed by atoms with E-state index in [4.69, 9.17) is 0 Å². The predicted molar refractivity (Wildman–Crippen MR) is 95.1 cm³/mol. The van der Waals surface area contributed by atoms with Gasteiger partial charge in [0.05, 0.1) is 18.0 Å². The van der Waals surface area contributed by atoms with Gasteiger partial charge in [-0.25, -0.2) is 18.7 Å². The third kappa shape index (κ3) is 2.57. The lowest BCUT2D eigenvalue weighted by Gasteiger charge is -2.37. The van der Waals surface area contributed by atoms with Crippen LogP contribution in [0.4, 0.5) is 8.78 Å². The molecule has 0 amide bonds. The molecule has 0 spiro atoms. The summed E-state index contributed by atoms with van der Waals surface area (Å²) < 4.78 is 26.1. The van der Waals surface area contributed by atoms with Crippen LogP contribution in [0.25, 0.3) is 32.5 Å². The highest BCUT2D eigenvalue weighted by molar-refractivity contribution is 7.18. The van der Waals surface area contributed by atoms with Gasteiger partial charge in [0.25, 0.3) is 0 Å². The first kappa shape index (κ1) is 15.8. The van der Waals surface area contributed by atoms with Gasteiger partial charge in [0.15, 0.2) is 5.65 Å². The smallest absolute Gasteiger partial charge is 0.248 e. The van der Waals surface area contributed by atoms with Crippen molar-refractivity contribution in [2.75, 3.05) is 0 Å². The Labute approximate surface area is 150 Å². The van der Waals surface area contributed by atoms with Gasteiger partial charge >= 0.3 is 0 Å².